The van der Waals surface area contributed by atoms with Crippen LogP contribution in [-0.2, 0) is 12.8 Å². The second kappa shape index (κ2) is 7.28. The fraction of sp³-hybridized carbons (Fsp3) is 0.368. The Morgan fingerprint density at radius 2 is 1.76 bits per heavy atom. The van der Waals surface area contributed by atoms with Crippen LogP contribution in [0.1, 0.15) is 22.3 Å². The summed E-state index contributed by atoms with van der Waals surface area (Å²) < 4.78 is 5.47. The number of benzene rings is 2. The van der Waals surface area contributed by atoms with Gasteiger partial charge in [-0.1, -0.05) is 47.5 Å². The van der Waals surface area contributed by atoms with E-state index in [1.807, 2.05) is 6.07 Å². The molecular formula is C19H25NO. The molecule has 2 rings (SSSR count). The van der Waals surface area contributed by atoms with Crippen molar-refractivity contribution in [1.82, 2.24) is 0 Å². The van der Waals surface area contributed by atoms with Gasteiger partial charge in [0.15, 0.2) is 0 Å². The topological polar surface area (TPSA) is 35.2 Å². The lowest BCUT2D eigenvalue weighted by molar-refractivity contribution is 0.403. The van der Waals surface area contributed by atoms with E-state index >= 15 is 0 Å². The van der Waals surface area contributed by atoms with Crippen LogP contribution in [0.3, 0.4) is 0 Å². The van der Waals surface area contributed by atoms with Crippen molar-refractivity contribution in [3.63, 3.8) is 0 Å². The highest BCUT2D eigenvalue weighted by Crippen LogP contribution is 2.24. The molecule has 0 saturated heterocycles. The van der Waals surface area contributed by atoms with Crippen LogP contribution in [0.4, 0.5) is 0 Å². The largest absolute Gasteiger partial charge is 0.496 e. The summed E-state index contributed by atoms with van der Waals surface area (Å²) in [5.41, 5.74) is 11.2. The predicted octanol–water partition coefficient (Wildman–Crippen LogP) is 3.67. The fourth-order valence-electron chi connectivity index (χ4n) is 2.79. The summed E-state index contributed by atoms with van der Waals surface area (Å²) in [6.45, 7) is 4.93. The molecule has 0 saturated carbocycles. The Morgan fingerprint density at radius 1 is 1.00 bits per heavy atom. The Morgan fingerprint density at radius 3 is 2.43 bits per heavy atom. The molecule has 2 aromatic rings. The van der Waals surface area contributed by atoms with Crippen LogP contribution < -0.4 is 10.5 Å². The molecule has 0 amide bonds. The highest BCUT2D eigenvalue weighted by atomic mass is 16.5. The van der Waals surface area contributed by atoms with Gasteiger partial charge in [-0.05, 0) is 56.3 Å². The van der Waals surface area contributed by atoms with E-state index in [4.69, 9.17) is 10.5 Å². The smallest absolute Gasteiger partial charge is 0.122 e. The van der Waals surface area contributed by atoms with Crippen molar-refractivity contribution < 1.29 is 4.74 Å². The maximum Gasteiger partial charge on any atom is 0.122 e. The molecule has 1 atom stereocenters. The Bertz CT molecular complexity index is 592. The first-order chi connectivity index (χ1) is 10.1. The highest BCUT2D eigenvalue weighted by Gasteiger charge is 2.12. The molecule has 0 aromatic heterocycles. The number of hydrogen-bond donors (Lipinski definition) is 1. The minimum absolute atomic E-state index is 0.433. The van der Waals surface area contributed by atoms with E-state index in [0.29, 0.717) is 12.5 Å². The number of ether oxygens (including phenoxy) is 1. The van der Waals surface area contributed by atoms with E-state index in [0.717, 1.165) is 18.6 Å². The van der Waals surface area contributed by atoms with E-state index < -0.39 is 0 Å². The normalized spacial score (nSPS) is 12.2. The molecule has 0 spiro atoms. The summed E-state index contributed by atoms with van der Waals surface area (Å²) in [4.78, 5) is 0. The molecule has 0 heterocycles. The summed E-state index contributed by atoms with van der Waals surface area (Å²) in [6.07, 6.45) is 1.96. The maximum absolute atomic E-state index is 6.00. The van der Waals surface area contributed by atoms with Crippen molar-refractivity contribution in [1.29, 1.82) is 0 Å². The molecule has 21 heavy (non-hydrogen) atoms. The lowest BCUT2D eigenvalue weighted by Gasteiger charge is -2.17. The third-order valence-electron chi connectivity index (χ3n) is 3.88. The molecule has 2 N–H and O–H groups in total. The van der Waals surface area contributed by atoms with E-state index in [-0.39, 0.29) is 0 Å². The zero-order valence-electron chi connectivity index (χ0n) is 13.2. The van der Waals surface area contributed by atoms with Gasteiger partial charge in [0.1, 0.15) is 5.75 Å². The molecule has 2 aromatic carbocycles. The summed E-state index contributed by atoms with van der Waals surface area (Å²) in [6, 6.07) is 15.0. The Kier molecular flexibility index (Phi) is 5.40. The van der Waals surface area contributed by atoms with Gasteiger partial charge in [-0.15, -0.1) is 0 Å². The van der Waals surface area contributed by atoms with Gasteiger partial charge in [0.2, 0.25) is 0 Å². The number of methoxy groups -OCH3 is 1. The highest BCUT2D eigenvalue weighted by molar-refractivity contribution is 5.37. The molecule has 112 valence electrons. The minimum Gasteiger partial charge on any atom is -0.496 e. The van der Waals surface area contributed by atoms with E-state index in [1.54, 1.807) is 7.11 Å². The van der Waals surface area contributed by atoms with Gasteiger partial charge in [0.05, 0.1) is 7.11 Å². The molecule has 1 unspecified atom stereocenters. The molecule has 0 bridgehead atoms. The van der Waals surface area contributed by atoms with Gasteiger partial charge in [-0.25, -0.2) is 0 Å². The third-order valence-corrected chi connectivity index (χ3v) is 3.88. The second-order valence-corrected chi connectivity index (χ2v) is 5.81. The first-order valence-electron chi connectivity index (χ1n) is 7.51. The molecule has 0 aliphatic heterocycles. The van der Waals surface area contributed by atoms with Crippen LogP contribution in [0.5, 0.6) is 5.75 Å². The van der Waals surface area contributed by atoms with Crippen molar-refractivity contribution in [2.45, 2.75) is 26.7 Å². The van der Waals surface area contributed by atoms with E-state index in [9.17, 15) is 0 Å². The summed E-state index contributed by atoms with van der Waals surface area (Å²) >= 11 is 0. The SMILES string of the molecule is COc1ccc(C)cc1CC(CN)Cc1cccc(C)c1. The Balaban J connectivity index is 2.14. The average molecular weight is 283 g/mol. The van der Waals surface area contributed by atoms with Gasteiger partial charge < -0.3 is 10.5 Å². The van der Waals surface area contributed by atoms with Gasteiger partial charge in [0, 0.05) is 0 Å². The van der Waals surface area contributed by atoms with Crippen molar-refractivity contribution in [3.8, 4) is 5.75 Å². The van der Waals surface area contributed by atoms with Crippen LogP contribution in [-0.4, -0.2) is 13.7 Å². The molecule has 0 radical (unpaired) electrons. The number of aryl methyl sites for hydroxylation is 2. The standard InChI is InChI=1S/C19H25NO/c1-14-5-4-6-16(9-14)11-17(13-20)12-18-10-15(2)7-8-19(18)21-3/h4-10,17H,11-13,20H2,1-3H3. The molecule has 0 fully saturated rings. The lowest BCUT2D eigenvalue weighted by Crippen LogP contribution is -2.19. The fourth-order valence-corrected chi connectivity index (χ4v) is 2.79. The van der Waals surface area contributed by atoms with Gasteiger partial charge in [-0.3, -0.25) is 0 Å². The molecule has 2 heteroatoms. The zero-order valence-corrected chi connectivity index (χ0v) is 13.2. The number of nitrogens with two attached hydrogens (primary N) is 1. The van der Waals surface area contributed by atoms with Crippen LogP contribution in [0, 0.1) is 19.8 Å². The molecular weight excluding hydrogens is 258 g/mol. The summed E-state index contributed by atoms with van der Waals surface area (Å²) in [5.74, 6) is 1.39. The quantitative estimate of drug-likeness (QED) is 0.878. The predicted molar refractivity (Wildman–Crippen MR) is 88.9 cm³/mol. The average Bonchev–Trinajstić information content (AvgIpc) is 2.47. The lowest BCUT2D eigenvalue weighted by atomic mass is 9.91. The minimum atomic E-state index is 0.433. The summed E-state index contributed by atoms with van der Waals surface area (Å²) in [5, 5.41) is 0. The summed E-state index contributed by atoms with van der Waals surface area (Å²) in [7, 11) is 1.73. The molecule has 0 aliphatic carbocycles. The maximum atomic E-state index is 6.00. The molecule has 0 aliphatic rings. The van der Waals surface area contributed by atoms with Crippen molar-refractivity contribution in [2.75, 3.05) is 13.7 Å². The second-order valence-electron chi connectivity index (χ2n) is 5.81. The van der Waals surface area contributed by atoms with Crippen LogP contribution >= 0.6 is 0 Å². The zero-order chi connectivity index (χ0) is 15.2. The number of hydrogen-bond acceptors (Lipinski definition) is 2. The van der Waals surface area contributed by atoms with Crippen molar-refractivity contribution in [2.24, 2.45) is 11.7 Å². The first kappa shape index (κ1) is 15.6. The Hall–Kier alpha value is -1.80. The Labute approximate surface area is 127 Å². The van der Waals surface area contributed by atoms with Gasteiger partial charge in [-0.2, -0.15) is 0 Å². The van der Waals surface area contributed by atoms with Crippen LogP contribution in [0.25, 0.3) is 0 Å². The van der Waals surface area contributed by atoms with Gasteiger partial charge in [0.25, 0.3) is 0 Å². The third kappa shape index (κ3) is 4.33. The van der Waals surface area contributed by atoms with Crippen LogP contribution in [0.15, 0.2) is 42.5 Å². The van der Waals surface area contributed by atoms with Crippen molar-refractivity contribution in [3.05, 3.63) is 64.7 Å². The van der Waals surface area contributed by atoms with Crippen molar-refractivity contribution >= 4 is 0 Å². The number of rotatable bonds is 6. The van der Waals surface area contributed by atoms with E-state index in [2.05, 4.69) is 50.2 Å². The van der Waals surface area contributed by atoms with E-state index in [1.165, 1.54) is 22.3 Å². The van der Waals surface area contributed by atoms with Gasteiger partial charge >= 0.3 is 0 Å². The molecule has 2 nitrogen and oxygen atoms in total. The van der Waals surface area contributed by atoms with Crippen LogP contribution in [0.2, 0.25) is 0 Å². The first-order valence-corrected chi connectivity index (χ1v) is 7.51. The monoisotopic (exact) mass is 283 g/mol.